The summed E-state index contributed by atoms with van der Waals surface area (Å²) < 4.78 is 21.6. The zero-order chi connectivity index (χ0) is 24.5. The Labute approximate surface area is 205 Å². The van der Waals surface area contributed by atoms with Crippen molar-refractivity contribution in [1.82, 2.24) is 5.01 Å². The fraction of sp³-hybridized carbons (Fsp3) is 0.200. The van der Waals surface area contributed by atoms with Crippen molar-refractivity contribution in [2.75, 3.05) is 21.3 Å². The van der Waals surface area contributed by atoms with E-state index < -0.39 is 11.9 Å². The summed E-state index contributed by atoms with van der Waals surface area (Å²) in [6.07, 6.45) is 1.63. The Morgan fingerprint density at radius 1 is 1.11 bits per heavy atom. The molecule has 5 rings (SSSR count). The first-order valence-electron chi connectivity index (χ1n) is 10.7. The van der Waals surface area contributed by atoms with E-state index in [0.29, 0.717) is 34.6 Å². The number of hydrogen-bond donors (Lipinski definition) is 0. The number of aliphatic imine (C=N–C) groups is 1. The van der Waals surface area contributed by atoms with E-state index in [1.807, 2.05) is 48.5 Å². The van der Waals surface area contributed by atoms with E-state index in [4.69, 9.17) is 19.0 Å². The molecule has 2 aliphatic rings. The summed E-state index contributed by atoms with van der Waals surface area (Å²) in [6, 6.07) is 15.0. The number of rotatable bonds is 5. The number of para-hydroxylation sites is 1. The van der Waals surface area contributed by atoms with Gasteiger partial charge in [-0.15, -0.1) is 0 Å². The minimum Gasteiger partial charge on any atom is -0.493 e. The Balaban J connectivity index is 1.54. The molecule has 0 N–H and O–H groups in total. The van der Waals surface area contributed by atoms with Gasteiger partial charge in [-0.3, -0.25) is 4.79 Å². The van der Waals surface area contributed by atoms with Crippen molar-refractivity contribution in [1.29, 1.82) is 0 Å². The molecule has 1 aromatic heterocycles. The largest absolute Gasteiger partial charge is 0.493 e. The maximum absolute atomic E-state index is 12.5. The van der Waals surface area contributed by atoms with Gasteiger partial charge in [0.25, 0.3) is 5.91 Å². The van der Waals surface area contributed by atoms with Crippen LogP contribution in [-0.2, 0) is 14.3 Å². The summed E-state index contributed by atoms with van der Waals surface area (Å²) in [5.74, 6) is 0.672. The van der Waals surface area contributed by atoms with E-state index in [-0.39, 0.29) is 10.9 Å². The molecule has 0 aliphatic carbocycles. The van der Waals surface area contributed by atoms with Crippen LogP contribution in [0.15, 0.2) is 74.0 Å². The smallest absolute Gasteiger partial charge is 0.331 e. The highest BCUT2D eigenvalue weighted by molar-refractivity contribution is 8.18. The van der Waals surface area contributed by atoms with E-state index in [2.05, 4.69) is 9.73 Å². The third-order valence-corrected chi connectivity index (χ3v) is 6.64. The van der Waals surface area contributed by atoms with Gasteiger partial charge in [0.1, 0.15) is 11.3 Å². The lowest BCUT2D eigenvalue weighted by Gasteiger charge is -2.23. The number of thioether (sulfide) groups is 1. The summed E-state index contributed by atoms with van der Waals surface area (Å²) in [5, 5.41) is 7.81. The minimum atomic E-state index is -0.623. The Kier molecular flexibility index (Phi) is 6.04. The number of benzene rings is 2. The van der Waals surface area contributed by atoms with Gasteiger partial charge in [-0.05, 0) is 41.6 Å². The van der Waals surface area contributed by atoms with Crippen molar-refractivity contribution in [2.45, 2.75) is 12.5 Å². The van der Waals surface area contributed by atoms with Gasteiger partial charge in [0, 0.05) is 17.9 Å². The van der Waals surface area contributed by atoms with Crippen molar-refractivity contribution in [3.05, 3.63) is 70.8 Å². The molecule has 0 saturated carbocycles. The highest BCUT2D eigenvalue weighted by Gasteiger charge is 2.37. The normalized spacial score (nSPS) is 18.7. The lowest BCUT2D eigenvalue weighted by atomic mass is 10.0. The molecule has 1 amide bonds. The predicted octanol–water partition coefficient (Wildman–Crippen LogP) is 4.29. The molecule has 9 nitrogen and oxygen atoms in total. The van der Waals surface area contributed by atoms with Crippen molar-refractivity contribution >= 4 is 45.5 Å². The first kappa shape index (κ1) is 22.7. The average molecular weight is 492 g/mol. The molecule has 0 bridgehead atoms. The molecule has 0 saturated heterocycles. The van der Waals surface area contributed by atoms with Crippen LogP contribution in [0.4, 0.5) is 0 Å². The maximum Gasteiger partial charge on any atom is 0.331 e. The van der Waals surface area contributed by atoms with E-state index in [1.54, 1.807) is 19.2 Å². The van der Waals surface area contributed by atoms with Crippen LogP contribution in [0.3, 0.4) is 0 Å². The molecule has 3 heterocycles. The molecular formula is C25H21N3O6S. The molecule has 10 heteroatoms. The number of amides is 1. The van der Waals surface area contributed by atoms with Crippen LogP contribution in [0.25, 0.3) is 11.0 Å². The first-order chi connectivity index (χ1) is 17.0. The molecule has 0 radical (unpaired) electrons. The third-order valence-electron chi connectivity index (χ3n) is 5.67. The molecular weight excluding hydrogens is 470 g/mol. The quantitative estimate of drug-likeness (QED) is 0.385. The lowest BCUT2D eigenvalue weighted by Crippen LogP contribution is -2.23. The van der Waals surface area contributed by atoms with Gasteiger partial charge >= 0.3 is 5.97 Å². The zero-order valence-electron chi connectivity index (χ0n) is 19.2. The van der Waals surface area contributed by atoms with Crippen LogP contribution < -0.4 is 9.47 Å². The number of fused-ring (bicyclic) bond motifs is 1. The molecule has 0 spiro atoms. The second-order valence-electron chi connectivity index (χ2n) is 7.71. The number of hydrazone groups is 1. The van der Waals surface area contributed by atoms with E-state index in [1.165, 1.54) is 7.11 Å². The fourth-order valence-corrected chi connectivity index (χ4v) is 4.82. The molecule has 2 aliphatic heterocycles. The highest BCUT2D eigenvalue weighted by Crippen LogP contribution is 2.41. The monoisotopic (exact) mass is 491 g/mol. The summed E-state index contributed by atoms with van der Waals surface area (Å²) in [7, 11) is 4.40. The number of methoxy groups -OCH3 is 3. The van der Waals surface area contributed by atoms with Crippen molar-refractivity contribution in [3.8, 4) is 11.5 Å². The predicted molar refractivity (Wildman–Crippen MR) is 132 cm³/mol. The zero-order valence-corrected chi connectivity index (χ0v) is 20.0. The fourth-order valence-electron chi connectivity index (χ4n) is 3.94. The Morgan fingerprint density at radius 2 is 1.91 bits per heavy atom. The molecule has 35 heavy (non-hydrogen) atoms. The minimum absolute atomic E-state index is 0.172. The van der Waals surface area contributed by atoms with E-state index in [9.17, 15) is 9.59 Å². The number of esters is 1. The van der Waals surface area contributed by atoms with Crippen LogP contribution in [0.1, 0.15) is 23.8 Å². The van der Waals surface area contributed by atoms with Crippen molar-refractivity contribution in [2.24, 2.45) is 10.1 Å². The number of hydrogen-bond acceptors (Lipinski definition) is 9. The van der Waals surface area contributed by atoms with Crippen molar-refractivity contribution in [3.63, 3.8) is 0 Å². The van der Waals surface area contributed by atoms with Crippen LogP contribution in [-0.4, -0.2) is 49.1 Å². The van der Waals surface area contributed by atoms with E-state index in [0.717, 1.165) is 34.4 Å². The average Bonchev–Trinajstić information content (AvgIpc) is 3.60. The Hall–Kier alpha value is -4.05. The molecule has 2 aromatic carbocycles. The van der Waals surface area contributed by atoms with Gasteiger partial charge in [-0.2, -0.15) is 10.1 Å². The molecule has 1 unspecified atom stereocenters. The van der Waals surface area contributed by atoms with Crippen LogP contribution >= 0.6 is 11.8 Å². The number of nitrogens with zero attached hydrogens (tertiary/aromatic N) is 3. The SMILES string of the molecule is COC(=O)/C=C1/SC(N2N=C(c3cc4ccccc4o3)CC2c2ccc(OC)c(OC)c2)=NC1=O. The summed E-state index contributed by atoms with van der Waals surface area (Å²) in [6.45, 7) is 0. The van der Waals surface area contributed by atoms with Gasteiger partial charge in [0.05, 0.1) is 32.3 Å². The number of ether oxygens (including phenoxy) is 3. The number of furan rings is 1. The Bertz CT molecular complexity index is 1390. The van der Waals surface area contributed by atoms with Crippen LogP contribution in [0, 0.1) is 0 Å². The van der Waals surface area contributed by atoms with Crippen molar-refractivity contribution < 1.29 is 28.2 Å². The number of amidine groups is 1. The Morgan fingerprint density at radius 3 is 2.66 bits per heavy atom. The van der Waals surface area contributed by atoms with Gasteiger partial charge < -0.3 is 18.6 Å². The topological polar surface area (TPSA) is 103 Å². The lowest BCUT2D eigenvalue weighted by molar-refractivity contribution is -0.135. The van der Waals surface area contributed by atoms with E-state index >= 15 is 0 Å². The first-order valence-corrected chi connectivity index (χ1v) is 11.5. The molecule has 3 aromatic rings. The molecule has 178 valence electrons. The van der Waals surface area contributed by atoms with Crippen LogP contribution in [0.5, 0.6) is 11.5 Å². The second-order valence-corrected chi connectivity index (χ2v) is 8.72. The molecule has 0 fully saturated rings. The molecule has 1 atom stereocenters. The van der Waals surface area contributed by atoms with Gasteiger partial charge in [0.15, 0.2) is 22.4 Å². The summed E-state index contributed by atoms with van der Waals surface area (Å²) in [4.78, 5) is 28.5. The number of carbonyl (C=O) groups is 2. The third kappa shape index (κ3) is 4.28. The van der Waals surface area contributed by atoms with Gasteiger partial charge in [0.2, 0.25) is 0 Å². The number of carbonyl (C=O) groups excluding carboxylic acids is 2. The van der Waals surface area contributed by atoms with Gasteiger partial charge in [-0.1, -0.05) is 24.3 Å². The van der Waals surface area contributed by atoms with Gasteiger partial charge in [-0.25, -0.2) is 9.80 Å². The van der Waals surface area contributed by atoms with Crippen LogP contribution in [0.2, 0.25) is 0 Å². The standard InChI is InChI=1S/C25H21N3O6S/c1-31-19-9-8-14(10-21(19)32-2)17-12-16(20-11-15-6-4-5-7-18(15)34-20)27-28(17)25-26-24(30)22(35-25)13-23(29)33-3/h4-11,13,17H,12H2,1-3H3/b22-13+. The highest BCUT2D eigenvalue weighted by atomic mass is 32.2. The summed E-state index contributed by atoms with van der Waals surface area (Å²) in [5.41, 5.74) is 2.36. The second kappa shape index (κ2) is 9.30. The maximum atomic E-state index is 12.5. The summed E-state index contributed by atoms with van der Waals surface area (Å²) >= 11 is 1.07.